The molecule has 3 nitrogen and oxygen atoms in total. The van der Waals surface area contributed by atoms with Crippen molar-refractivity contribution in [2.24, 2.45) is 0 Å². The van der Waals surface area contributed by atoms with E-state index in [1.807, 2.05) is 0 Å². The Morgan fingerprint density at radius 3 is 2.47 bits per heavy atom. The van der Waals surface area contributed by atoms with Gasteiger partial charge in [0.25, 0.3) is 0 Å². The van der Waals surface area contributed by atoms with E-state index in [1.165, 1.54) is 0 Å². The van der Waals surface area contributed by atoms with Gasteiger partial charge in [0.2, 0.25) is 0 Å². The third-order valence-corrected chi connectivity index (χ3v) is 2.08. The molecule has 78 valence electrons. The fourth-order valence-electron chi connectivity index (χ4n) is 1.37. The van der Waals surface area contributed by atoms with E-state index in [1.54, 1.807) is 6.07 Å². The zero-order valence-electron chi connectivity index (χ0n) is 7.67. The number of ether oxygens (including phenoxy) is 2. The summed E-state index contributed by atoms with van der Waals surface area (Å²) in [6.07, 6.45) is -0.835. The summed E-state index contributed by atoms with van der Waals surface area (Å²) >= 11 is 0. The monoisotopic (exact) mass is 211 g/mol. The average molecular weight is 211 g/mol. The molecule has 15 heavy (non-hydrogen) atoms. The summed E-state index contributed by atoms with van der Waals surface area (Å²) in [5.41, 5.74) is -0.157. The minimum atomic E-state index is -0.878. The molecule has 0 amide bonds. The van der Waals surface area contributed by atoms with E-state index in [2.05, 4.69) is 0 Å². The molecule has 1 aromatic rings. The Bertz CT molecular complexity index is 422. The second-order valence-electron chi connectivity index (χ2n) is 3.04. The molecule has 0 atom stereocenters. The van der Waals surface area contributed by atoms with Crippen molar-refractivity contribution in [3.63, 3.8) is 0 Å². The van der Waals surface area contributed by atoms with E-state index >= 15 is 0 Å². The van der Waals surface area contributed by atoms with E-state index in [-0.39, 0.29) is 11.1 Å². The van der Waals surface area contributed by atoms with Gasteiger partial charge in [-0.1, -0.05) is 0 Å². The largest absolute Gasteiger partial charge is 0.346 e. The highest BCUT2D eigenvalue weighted by molar-refractivity contribution is 5.36. The van der Waals surface area contributed by atoms with E-state index in [0.717, 1.165) is 6.07 Å². The van der Waals surface area contributed by atoms with E-state index in [0.29, 0.717) is 19.3 Å². The van der Waals surface area contributed by atoms with E-state index < -0.39 is 17.9 Å². The van der Waals surface area contributed by atoms with Gasteiger partial charge in [-0.15, -0.1) is 0 Å². The van der Waals surface area contributed by atoms with Gasteiger partial charge in [-0.05, 0) is 6.07 Å². The Kier molecular flexibility index (Phi) is 2.62. The van der Waals surface area contributed by atoms with Crippen LogP contribution in [0, 0.1) is 23.0 Å². The van der Waals surface area contributed by atoms with Crippen molar-refractivity contribution in [2.45, 2.75) is 6.29 Å². The maximum atomic E-state index is 13.3. The van der Waals surface area contributed by atoms with Crippen molar-refractivity contribution in [1.82, 2.24) is 0 Å². The molecule has 2 rings (SSSR count). The van der Waals surface area contributed by atoms with Crippen LogP contribution in [0.2, 0.25) is 0 Å². The molecule has 0 aliphatic carbocycles. The highest BCUT2D eigenvalue weighted by atomic mass is 19.1. The van der Waals surface area contributed by atoms with Gasteiger partial charge >= 0.3 is 0 Å². The molecule has 0 N–H and O–H groups in total. The van der Waals surface area contributed by atoms with Gasteiger partial charge in [0.05, 0.1) is 18.8 Å². The smallest absolute Gasteiger partial charge is 0.186 e. The normalized spacial score (nSPS) is 16.6. The highest BCUT2D eigenvalue weighted by Gasteiger charge is 2.23. The Balaban J connectivity index is 2.42. The summed E-state index contributed by atoms with van der Waals surface area (Å²) in [7, 11) is 0. The van der Waals surface area contributed by atoms with Crippen LogP contribution in [-0.4, -0.2) is 13.2 Å². The van der Waals surface area contributed by atoms with Crippen LogP contribution in [0.4, 0.5) is 8.78 Å². The molecule has 1 fully saturated rings. The van der Waals surface area contributed by atoms with Crippen LogP contribution >= 0.6 is 0 Å². The number of hydrogen-bond donors (Lipinski definition) is 0. The Morgan fingerprint density at radius 2 is 1.87 bits per heavy atom. The highest BCUT2D eigenvalue weighted by Crippen LogP contribution is 2.27. The molecule has 1 aromatic carbocycles. The minimum Gasteiger partial charge on any atom is -0.346 e. The third-order valence-electron chi connectivity index (χ3n) is 2.08. The Hall–Kier alpha value is -1.51. The fourth-order valence-corrected chi connectivity index (χ4v) is 1.37. The standard InChI is InChI=1S/C10H7F2NO2/c11-8-4-9(12)7(3-6(8)5-13)10-14-1-2-15-10/h3-4,10H,1-2H2. The van der Waals surface area contributed by atoms with Crippen LogP contribution < -0.4 is 0 Å². The van der Waals surface area contributed by atoms with Crippen LogP contribution in [0.15, 0.2) is 12.1 Å². The lowest BCUT2D eigenvalue weighted by molar-refractivity contribution is -0.0465. The molecular formula is C10H7F2NO2. The third kappa shape index (κ3) is 1.82. The maximum Gasteiger partial charge on any atom is 0.186 e. The van der Waals surface area contributed by atoms with Crippen molar-refractivity contribution in [2.75, 3.05) is 13.2 Å². The second-order valence-corrected chi connectivity index (χ2v) is 3.04. The number of nitriles is 1. The van der Waals surface area contributed by atoms with Gasteiger partial charge in [0, 0.05) is 11.6 Å². The van der Waals surface area contributed by atoms with Crippen LogP contribution in [0.3, 0.4) is 0 Å². The first-order chi connectivity index (χ1) is 7.22. The lowest BCUT2D eigenvalue weighted by Crippen LogP contribution is -2.03. The van der Waals surface area contributed by atoms with Crippen molar-refractivity contribution < 1.29 is 18.3 Å². The van der Waals surface area contributed by atoms with E-state index in [4.69, 9.17) is 14.7 Å². The van der Waals surface area contributed by atoms with Crippen molar-refractivity contribution in [3.8, 4) is 6.07 Å². The van der Waals surface area contributed by atoms with Gasteiger partial charge in [0.15, 0.2) is 6.29 Å². The number of nitrogens with zero attached hydrogens (tertiary/aromatic N) is 1. The minimum absolute atomic E-state index is 0.0606. The lowest BCUT2D eigenvalue weighted by Gasteiger charge is -2.10. The van der Waals surface area contributed by atoms with Gasteiger partial charge in [-0.25, -0.2) is 8.78 Å². The molecule has 0 spiro atoms. The molecule has 1 aliphatic heterocycles. The van der Waals surface area contributed by atoms with Crippen LogP contribution in [0.25, 0.3) is 0 Å². The first kappa shape index (κ1) is 10.0. The molecule has 0 unspecified atom stereocenters. The molecule has 0 aromatic heterocycles. The number of rotatable bonds is 1. The van der Waals surface area contributed by atoms with Crippen molar-refractivity contribution in [3.05, 3.63) is 34.9 Å². The average Bonchev–Trinajstić information content (AvgIpc) is 2.71. The molecule has 1 heterocycles. The number of hydrogen-bond acceptors (Lipinski definition) is 3. The predicted molar refractivity (Wildman–Crippen MR) is 45.7 cm³/mol. The Labute approximate surface area is 84.8 Å². The Morgan fingerprint density at radius 1 is 1.20 bits per heavy atom. The maximum absolute atomic E-state index is 13.3. The number of benzene rings is 1. The number of halogens is 2. The zero-order chi connectivity index (χ0) is 10.8. The predicted octanol–water partition coefficient (Wildman–Crippen LogP) is 1.88. The summed E-state index contributed by atoms with van der Waals surface area (Å²) in [6.45, 7) is 0.729. The molecule has 0 radical (unpaired) electrons. The van der Waals surface area contributed by atoms with Crippen molar-refractivity contribution >= 4 is 0 Å². The molecule has 0 bridgehead atoms. The van der Waals surface area contributed by atoms with Gasteiger partial charge < -0.3 is 9.47 Å². The topological polar surface area (TPSA) is 42.2 Å². The SMILES string of the molecule is N#Cc1cc(C2OCCO2)c(F)cc1F. The molecule has 1 aliphatic rings. The fraction of sp³-hybridized carbons (Fsp3) is 0.300. The summed E-state index contributed by atoms with van der Waals surface area (Å²) < 4.78 is 36.4. The quantitative estimate of drug-likeness (QED) is 0.712. The summed E-state index contributed by atoms with van der Waals surface area (Å²) in [4.78, 5) is 0. The molecule has 1 saturated heterocycles. The summed E-state index contributed by atoms with van der Waals surface area (Å²) in [6, 6.07) is 3.41. The first-order valence-corrected chi connectivity index (χ1v) is 4.34. The molecule has 5 heteroatoms. The van der Waals surface area contributed by atoms with E-state index in [9.17, 15) is 8.78 Å². The van der Waals surface area contributed by atoms with Crippen molar-refractivity contribution in [1.29, 1.82) is 5.26 Å². The molecule has 0 saturated carbocycles. The van der Waals surface area contributed by atoms with Gasteiger partial charge in [0.1, 0.15) is 17.7 Å². The summed E-state index contributed by atoms with van der Waals surface area (Å²) in [5.74, 6) is -1.64. The van der Waals surface area contributed by atoms with Crippen LogP contribution in [-0.2, 0) is 9.47 Å². The molecular weight excluding hydrogens is 204 g/mol. The summed E-state index contributed by atoms with van der Waals surface area (Å²) in [5, 5.41) is 8.58. The second kappa shape index (κ2) is 3.93. The van der Waals surface area contributed by atoms with Crippen LogP contribution in [0.5, 0.6) is 0 Å². The first-order valence-electron chi connectivity index (χ1n) is 4.34. The van der Waals surface area contributed by atoms with Gasteiger partial charge in [-0.2, -0.15) is 5.26 Å². The lowest BCUT2D eigenvalue weighted by atomic mass is 10.1. The van der Waals surface area contributed by atoms with Gasteiger partial charge in [-0.3, -0.25) is 0 Å². The zero-order valence-corrected chi connectivity index (χ0v) is 7.67. The van der Waals surface area contributed by atoms with Crippen LogP contribution in [0.1, 0.15) is 17.4 Å².